The standard InChI is InChI=1S/C12H14Br3NO5S/c13-12(14,15)22(20,21)9-4-1-3-8(7-9)11(19)16-6-2-5-10(17)18/h3,7H,1-2,4-6H2,(H,16,19)(H,17,18). The maximum absolute atomic E-state index is 12.3. The number of nitrogens with one attached hydrogen (secondary N) is 1. The molecule has 0 aromatic carbocycles. The lowest BCUT2D eigenvalue weighted by atomic mass is 10.1. The first kappa shape index (κ1) is 19.9. The van der Waals surface area contributed by atoms with Crippen molar-refractivity contribution in [1.82, 2.24) is 5.32 Å². The third kappa shape index (κ3) is 5.47. The number of carboxylic acid groups (broad SMARTS) is 1. The minimum absolute atomic E-state index is 0.0337. The van der Waals surface area contributed by atoms with Crippen molar-refractivity contribution in [2.24, 2.45) is 0 Å². The molecule has 1 aliphatic carbocycles. The van der Waals surface area contributed by atoms with E-state index in [1.165, 1.54) is 6.08 Å². The van der Waals surface area contributed by atoms with E-state index in [0.29, 0.717) is 19.3 Å². The molecule has 2 N–H and O–H groups in total. The molecular weight excluding hydrogens is 510 g/mol. The second kappa shape index (κ2) is 8.07. The summed E-state index contributed by atoms with van der Waals surface area (Å²) in [7, 11) is -3.69. The van der Waals surface area contributed by atoms with Crippen LogP contribution >= 0.6 is 47.8 Å². The fourth-order valence-corrected chi connectivity index (χ4v) is 4.57. The average Bonchev–Trinajstić information content (AvgIpc) is 2.42. The van der Waals surface area contributed by atoms with E-state index in [0.717, 1.165) is 0 Å². The van der Waals surface area contributed by atoms with Gasteiger partial charge in [0.15, 0.2) is 0 Å². The fourth-order valence-electron chi connectivity index (χ4n) is 1.74. The van der Waals surface area contributed by atoms with Crippen LogP contribution in [0.3, 0.4) is 0 Å². The lowest BCUT2D eigenvalue weighted by molar-refractivity contribution is -0.137. The molecule has 0 heterocycles. The molecule has 0 saturated carbocycles. The Morgan fingerprint density at radius 2 is 1.95 bits per heavy atom. The third-order valence-electron chi connectivity index (χ3n) is 2.84. The van der Waals surface area contributed by atoms with Crippen LogP contribution in [0.25, 0.3) is 0 Å². The summed E-state index contributed by atoms with van der Waals surface area (Å²) in [5.74, 6) is -1.34. The van der Waals surface area contributed by atoms with E-state index in [2.05, 4.69) is 53.1 Å². The second-order valence-electron chi connectivity index (χ2n) is 4.51. The van der Waals surface area contributed by atoms with E-state index in [-0.39, 0.29) is 23.4 Å². The van der Waals surface area contributed by atoms with Gasteiger partial charge < -0.3 is 10.4 Å². The molecule has 1 rings (SSSR count). The van der Waals surface area contributed by atoms with Gasteiger partial charge in [-0.3, -0.25) is 9.59 Å². The molecule has 1 aliphatic rings. The fraction of sp³-hybridized carbons (Fsp3) is 0.500. The van der Waals surface area contributed by atoms with Gasteiger partial charge in [-0.1, -0.05) is 6.08 Å². The van der Waals surface area contributed by atoms with Crippen LogP contribution < -0.4 is 5.32 Å². The minimum Gasteiger partial charge on any atom is -0.481 e. The molecule has 0 aromatic heterocycles. The molecule has 1 amide bonds. The van der Waals surface area contributed by atoms with E-state index in [1.807, 2.05) is 0 Å². The van der Waals surface area contributed by atoms with Crippen molar-refractivity contribution in [2.75, 3.05) is 6.54 Å². The second-order valence-corrected chi connectivity index (χ2v) is 15.0. The SMILES string of the molecule is O=C(O)CCCNC(=O)C1=CCCC(S(=O)(=O)C(Br)(Br)Br)=C1. The number of hydrogen-bond donors (Lipinski definition) is 2. The van der Waals surface area contributed by atoms with Gasteiger partial charge in [0, 0.05) is 23.4 Å². The number of carbonyl (C=O) groups is 2. The Bertz CT molecular complexity index is 619. The van der Waals surface area contributed by atoms with E-state index >= 15 is 0 Å². The van der Waals surface area contributed by atoms with Crippen LogP contribution in [0.5, 0.6) is 0 Å². The molecule has 0 aromatic rings. The van der Waals surface area contributed by atoms with Crippen molar-refractivity contribution in [2.45, 2.75) is 27.2 Å². The predicted octanol–water partition coefficient (Wildman–Crippen LogP) is 2.78. The highest BCUT2D eigenvalue weighted by atomic mass is 80.0. The number of hydrogen-bond acceptors (Lipinski definition) is 4. The monoisotopic (exact) mass is 521 g/mol. The smallest absolute Gasteiger partial charge is 0.303 e. The molecule has 0 fully saturated rings. The molecule has 0 saturated heterocycles. The van der Waals surface area contributed by atoms with Crippen molar-refractivity contribution in [3.63, 3.8) is 0 Å². The molecule has 6 nitrogen and oxygen atoms in total. The Balaban J connectivity index is 2.75. The molecule has 0 bridgehead atoms. The average molecular weight is 524 g/mol. The Hall–Kier alpha value is -0.190. The summed E-state index contributed by atoms with van der Waals surface area (Å²) < 4.78 is 23.1. The normalized spacial score (nSPS) is 15.8. The number of alkyl halides is 3. The van der Waals surface area contributed by atoms with Crippen molar-refractivity contribution < 1.29 is 23.1 Å². The van der Waals surface area contributed by atoms with Crippen molar-refractivity contribution in [3.05, 3.63) is 22.6 Å². The largest absolute Gasteiger partial charge is 0.481 e. The molecule has 10 heteroatoms. The highest BCUT2D eigenvalue weighted by Gasteiger charge is 2.39. The highest BCUT2D eigenvalue weighted by Crippen LogP contribution is 2.44. The van der Waals surface area contributed by atoms with Crippen LogP contribution in [-0.2, 0) is 19.4 Å². The first-order valence-electron chi connectivity index (χ1n) is 6.28. The van der Waals surface area contributed by atoms with E-state index in [4.69, 9.17) is 5.11 Å². The van der Waals surface area contributed by atoms with Crippen molar-refractivity contribution >= 4 is 69.5 Å². The number of aliphatic carboxylic acids is 1. The van der Waals surface area contributed by atoms with Gasteiger partial charge in [-0.2, -0.15) is 0 Å². The van der Waals surface area contributed by atoms with Gasteiger partial charge in [-0.05, 0) is 73.1 Å². The molecule has 124 valence electrons. The van der Waals surface area contributed by atoms with Gasteiger partial charge in [-0.15, -0.1) is 0 Å². The molecule has 0 atom stereocenters. The summed E-state index contributed by atoms with van der Waals surface area (Å²) in [6, 6.07) is 0. The Labute approximate surface area is 153 Å². The van der Waals surface area contributed by atoms with Crippen LogP contribution in [0, 0.1) is 0 Å². The number of carbonyl (C=O) groups excluding carboxylic acids is 1. The van der Waals surface area contributed by atoms with Gasteiger partial charge in [0.1, 0.15) is 0 Å². The zero-order chi connectivity index (χ0) is 17.0. The van der Waals surface area contributed by atoms with Crippen LogP contribution in [0.4, 0.5) is 0 Å². The molecule has 0 aliphatic heterocycles. The summed E-state index contributed by atoms with van der Waals surface area (Å²) in [6.45, 7) is 0.220. The van der Waals surface area contributed by atoms with Gasteiger partial charge >= 0.3 is 5.97 Å². The summed E-state index contributed by atoms with van der Waals surface area (Å²) in [5.41, 5.74) is 0.261. The molecular formula is C12H14Br3NO5S. The van der Waals surface area contributed by atoms with Gasteiger partial charge in [-0.25, -0.2) is 8.42 Å². The summed E-state index contributed by atoms with van der Waals surface area (Å²) >= 11 is 8.96. The summed E-state index contributed by atoms with van der Waals surface area (Å²) in [5, 5.41) is 11.1. The lowest BCUT2D eigenvalue weighted by Gasteiger charge is -2.19. The summed E-state index contributed by atoms with van der Waals surface area (Å²) in [6.07, 6.45) is 4.02. The number of sulfone groups is 1. The third-order valence-corrected chi connectivity index (χ3v) is 8.29. The van der Waals surface area contributed by atoms with Crippen LogP contribution in [0.2, 0.25) is 0 Å². The molecule has 0 spiro atoms. The maximum atomic E-state index is 12.3. The van der Waals surface area contributed by atoms with E-state index in [1.54, 1.807) is 6.08 Å². The predicted molar refractivity (Wildman–Crippen MR) is 93.7 cm³/mol. The highest BCUT2D eigenvalue weighted by molar-refractivity contribution is 9.42. The van der Waals surface area contributed by atoms with Crippen LogP contribution in [0.1, 0.15) is 25.7 Å². The number of rotatable bonds is 6. The maximum Gasteiger partial charge on any atom is 0.303 e. The van der Waals surface area contributed by atoms with Crippen molar-refractivity contribution in [1.29, 1.82) is 0 Å². The van der Waals surface area contributed by atoms with Gasteiger partial charge in [0.05, 0.1) is 0 Å². The molecule has 0 unspecified atom stereocenters. The molecule has 0 radical (unpaired) electrons. The number of allylic oxidation sites excluding steroid dienone is 2. The Morgan fingerprint density at radius 3 is 2.50 bits per heavy atom. The first-order valence-corrected chi connectivity index (χ1v) is 10.1. The van der Waals surface area contributed by atoms with Crippen LogP contribution in [-0.4, -0.2) is 33.4 Å². The Morgan fingerprint density at radius 1 is 1.32 bits per heavy atom. The minimum atomic E-state index is -3.69. The molecule has 22 heavy (non-hydrogen) atoms. The van der Waals surface area contributed by atoms with Crippen LogP contribution in [0.15, 0.2) is 22.6 Å². The summed E-state index contributed by atoms with van der Waals surface area (Å²) in [4.78, 5) is 22.5. The number of halogens is 3. The number of amides is 1. The quantitative estimate of drug-likeness (QED) is 0.412. The Kier molecular flexibility index (Phi) is 7.28. The van der Waals surface area contributed by atoms with E-state index in [9.17, 15) is 18.0 Å². The zero-order valence-electron chi connectivity index (χ0n) is 11.3. The zero-order valence-corrected chi connectivity index (χ0v) is 16.9. The van der Waals surface area contributed by atoms with Gasteiger partial charge in [0.2, 0.25) is 11.3 Å². The van der Waals surface area contributed by atoms with Crippen molar-refractivity contribution in [3.8, 4) is 0 Å². The van der Waals surface area contributed by atoms with Gasteiger partial charge in [0.25, 0.3) is 5.91 Å². The lowest BCUT2D eigenvalue weighted by Crippen LogP contribution is -2.27. The number of carboxylic acids is 1. The van der Waals surface area contributed by atoms with E-state index < -0.39 is 23.2 Å². The topological polar surface area (TPSA) is 101 Å². The first-order chi connectivity index (χ1) is 10.1.